The monoisotopic (exact) mass is 380 g/mol. The fraction of sp³-hybridized carbons (Fsp3) is 0.579. The molecule has 2 rings (SSSR count). The summed E-state index contributed by atoms with van der Waals surface area (Å²) in [5.74, 6) is -0.710. The van der Waals surface area contributed by atoms with Crippen LogP contribution in [0, 0.1) is 12.3 Å². The van der Waals surface area contributed by atoms with Crippen molar-refractivity contribution in [1.82, 2.24) is 4.90 Å². The highest BCUT2D eigenvalue weighted by atomic mass is 32.2. The van der Waals surface area contributed by atoms with Crippen molar-refractivity contribution in [1.29, 1.82) is 0 Å². The molecule has 0 saturated carbocycles. The van der Waals surface area contributed by atoms with Gasteiger partial charge in [-0.3, -0.25) is 9.59 Å². The first-order valence-corrected chi connectivity index (χ1v) is 10.7. The Morgan fingerprint density at radius 3 is 2.50 bits per heavy atom. The summed E-state index contributed by atoms with van der Waals surface area (Å²) < 4.78 is 23.4. The second kappa shape index (κ2) is 7.39. The highest BCUT2D eigenvalue weighted by molar-refractivity contribution is 7.91. The topological polar surface area (TPSA) is 83.6 Å². The fourth-order valence-electron chi connectivity index (χ4n) is 3.26. The van der Waals surface area contributed by atoms with Gasteiger partial charge in [0.15, 0.2) is 9.84 Å². The Morgan fingerprint density at radius 2 is 1.96 bits per heavy atom. The van der Waals surface area contributed by atoms with Crippen LogP contribution in [0.1, 0.15) is 38.3 Å². The van der Waals surface area contributed by atoms with Crippen LogP contribution in [0.25, 0.3) is 0 Å². The first kappa shape index (κ1) is 20.4. The summed E-state index contributed by atoms with van der Waals surface area (Å²) in [5.41, 5.74) is 1.40. The van der Waals surface area contributed by atoms with Gasteiger partial charge in [0.2, 0.25) is 11.8 Å². The van der Waals surface area contributed by atoms with E-state index >= 15 is 0 Å². The fourth-order valence-corrected chi connectivity index (χ4v) is 5.03. The van der Waals surface area contributed by atoms with Gasteiger partial charge in [-0.15, -0.1) is 0 Å². The van der Waals surface area contributed by atoms with E-state index < -0.39 is 15.3 Å². The van der Waals surface area contributed by atoms with Gasteiger partial charge in [-0.25, -0.2) is 8.42 Å². The number of benzene rings is 1. The molecule has 0 bridgehead atoms. The maximum atomic E-state index is 12.9. The number of carbonyl (C=O) groups is 2. The molecule has 1 fully saturated rings. The Kier molecular flexibility index (Phi) is 5.80. The molecule has 1 unspecified atom stereocenters. The molecule has 0 aliphatic carbocycles. The lowest BCUT2D eigenvalue weighted by atomic mass is 9.89. The number of nitrogens with one attached hydrogen (secondary N) is 1. The predicted octanol–water partition coefficient (Wildman–Crippen LogP) is 2.17. The minimum absolute atomic E-state index is 0.0370. The summed E-state index contributed by atoms with van der Waals surface area (Å²) in [5, 5.41) is 2.91. The van der Waals surface area contributed by atoms with Crippen molar-refractivity contribution < 1.29 is 18.0 Å². The lowest BCUT2D eigenvalue weighted by Crippen LogP contribution is -2.49. The lowest BCUT2D eigenvalue weighted by molar-refractivity contribution is -0.146. The Bertz CT molecular complexity index is 815. The summed E-state index contributed by atoms with van der Waals surface area (Å²) in [6, 6.07) is 5.43. The number of hydrogen-bond acceptors (Lipinski definition) is 4. The number of anilines is 1. The number of aryl methyl sites for hydroxylation is 2. The van der Waals surface area contributed by atoms with E-state index in [1.807, 2.05) is 32.0 Å². The van der Waals surface area contributed by atoms with Gasteiger partial charge in [0.25, 0.3) is 0 Å². The maximum Gasteiger partial charge on any atom is 0.239 e. The number of hydrogen-bond donors (Lipinski definition) is 1. The molecule has 1 aliphatic rings. The molecule has 7 heteroatoms. The van der Waals surface area contributed by atoms with Gasteiger partial charge < -0.3 is 10.2 Å². The molecule has 2 amide bonds. The third-order valence-corrected chi connectivity index (χ3v) is 6.91. The molecule has 26 heavy (non-hydrogen) atoms. The number of sulfone groups is 1. The van der Waals surface area contributed by atoms with Gasteiger partial charge in [-0.2, -0.15) is 0 Å². The highest BCUT2D eigenvalue weighted by Crippen LogP contribution is 2.28. The van der Waals surface area contributed by atoms with E-state index in [1.165, 1.54) is 4.90 Å². The van der Waals surface area contributed by atoms with Crippen molar-refractivity contribution in [3.8, 4) is 0 Å². The number of para-hydroxylation sites is 1. The molecule has 0 spiro atoms. The summed E-state index contributed by atoms with van der Waals surface area (Å²) >= 11 is 0. The summed E-state index contributed by atoms with van der Waals surface area (Å²) in [4.78, 5) is 27.2. The minimum atomic E-state index is -3.10. The summed E-state index contributed by atoms with van der Waals surface area (Å²) in [7, 11) is -1.52. The number of nitrogens with zero attached hydrogens (tertiary/aromatic N) is 1. The van der Waals surface area contributed by atoms with E-state index in [1.54, 1.807) is 20.9 Å². The van der Waals surface area contributed by atoms with E-state index in [0.717, 1.165) is 23.2 Å². The Labute approximate surface area is 155 Å². The predicted molar refractivity (Wildman–Crippen MR) is 103 cm³/mol. The van der Waals surface area contributed by atoms with Crippen LogP contribution in [0.3, 0.4) is 0 Å². The Balaban J connectivity index is 2.18. The van der Waals surface area contributed by atoms with Crippen molar-refractivity contribution in [2.75, 3.05) is 23.9 Å². The van der Waals surface area contributed by atoms with Crippen LogP contribution in [-0.4, -0.2) is 49.7 Å². The summed E-state index contributed by atoms with van der Waals surface area (Å²) in [6.07, 6.45) is 1.19. The van der Waals surface area contributed by atoms with Crippen LogP contribution >= 0.6 is 0 Å². The molecule has 1 saturated heterocycles. The molecular weight excluding hydrogens is 352 g/mol. The van der Waals surface area contributed by atoms with Crippen molar-refractivity contribution in [2.45, 2.75) is 46.6 Å². The van der Waals surface area contributed by atoms with Crippen LogP contribution in [0.2, 0.25) is 0 Å². The molecule has 1 aromatic carbocycles. The van der Waals surface area contributed by atoms with Crippen molar-refractivity contribution in [3.63, 3.8) is 0 Å². The van der Waals surface area contributed by atoms with E-state index in [2.05, 4.69) is 5.32 Å². The molecule has 1 heterocycles. The molecule has 1 N–H and O–H groups in total. The van der Waals surface area contributed by atoms with Crippen molar-refractivity contribution in [3.05, 3.63) is 29.3 Å². The van der Waals surface area contributed by atoms with Crippen molar-refractivity contribution >= 4 is 27.3 Å². The normalized spacial score (nSPS) is 19.2. The van der Waals surface area contributed by atoms with Crippen LogP contribution in [-0.2, 0) is 25.8 Å². The molecule has 0 radical (unpaired) electrons. The van der Waals surface area contributed by atoms with E-state index in [-0.39, 0.29) is 29.4 Å². The molecule has 1 atom stereocenters. The maximum absolute atomic E-state index is 12.9. The second-order valence-electron chi connectivity index (χ2n) is 7.51. The van der Waals surface area contributed by atoms with Crippen LogP contribution < -0.4 is 5.32 Å². The third-order valence-electron chi connectivity index (χ3n) is 5.16. The smallest absolute Gasteiger partial charge is 0.239 e. The zero-order valence-corrected chi connectivity index (χ0v) is 16.9. The van der Waals surface area contributed by atoms with Crippen LogP contribution in [0.15, 0.2) is 18.2 Å². The molecule has 1 aliphatic heterocycles. The molecule has 0 aromatic heterocycles. The first-order chi connectivity index (χ1) is 12.0. The van der Waals surface area contributed by atoms with Gasteiger partial charge in [-0.1, -0.05) is 25.1 Å². The zero-order valence-electron chi connectivity index (χ0n) is 16.1. The minimum Gasteiger partial charge on any atom is -0.341 e. The van der Waals surface area contributed by atoms with E-state index in [9.17, 15) is 18.0 Å². The Hall–Kier alpha value is -1.89. The van der Waals surface area contributed by atoms with E-state index in [4.69, 9.17) is 0 Å². The quantitative estimate of drug-likeness (QED) is 0.794. The van der Waals surface area contributed by atoms with Crippen LogP contribution in [0.4, 0.5) is 5.69 Å². The van der Waals surface area contributed by atoms with Gasteiger partial charge >= 0.3 is 0 Å². The lowest BCUT2D eigenvalue weighted by Gasteiger charge is -2.32. The van der Waals surface area contributed by atoms with Crippen LogP contribution in [0.5, 0.6) is 0 Å². The molecular formula is C19H28N2O4S. The van der Waals surface area contributed by atoms with Gasteiger partial charge in [0.05, 0.1) is 11.5 Å². The number of rotatable bonds is 5. The largest absolute Gasteiger partial charge is 0.341 e. The molecule has 1 aromatic rings. The van der Waals surface area contributed by atoms with Gasteiger partial charge in [0, 0.05) is 18.8 Å². The molecule has 6 nitrogen and oxygen atoms in total. The first-order valence-electron chi connectivity index (χ1n) is 8.87. The Morgan fingerprint density at radius 1 is 1.31 bits per heavy atom. The van der Waals surface area contributed by atoms with Gasteiger partial charge in [0.1, 0.15) is 5.41 Å². The average molecular weight is 381 g/mol. The third kappa shape index (κ3) is 4.09. The summed E-state index contributed by atoms with van der Waals surface area (Å²) in [6.45, 7) is 7.08. The standard InChI is InChI=1S/C19H28N2O4S/c1-6-14-9-7-8-13(2)16(14)20-17(22)19(3,4)18(23)21(5)15-10-11-26(24,25)12-15/h7-9,15H,6,10-12H2,1-5H3,(H,20,22). The average Bonchev–Trinajstić information content (AvgIpc) is 2.94. The molecule has 144 valence electrons. The zero-order chi connectivity index (χ0) is 19.7. The highest BCUT2D eigenvalue weighted by Gasteiger charge is 2.42. The number of amides is 2. The van der Waals surface area contributed by atoms with Crippen molar-refractivity contribution in [2.24, 2.45) is 5.41 Å². The SMILES string of the molecule is CCc1cccc(C)c1NC(=O)C(C)(C)C(=O)N(C)C1CCS(=O)(=O)C1. The van der Waals surface area contributed by atoms with Gasteiger partial charge in [-0.05, 0) is 44.7 Å². The van der Waals surface area contributed by atoms with E-state index in [0.29, 0.717) is 6.42 Å². The second-order valence-corrected chi connectivity index (χ2v) is 9.74. The number of carbonyl (C=O) groups excluding carboxylic acids is 2.